The second-order valence-corrected chi connectivity index (χ2v) is 4.43. The number of carbonyl (C=O) groups is 1. The maximum absolute atomic E-state index is 10.9. The first-order valence-electron chi connectivity index (χ1n) is 6.21. The van der Waals surface area contributed by atoms with E-state index in [9.17, 15) is 4.79 Å². The molecule has 2 aromatic rings. The van der Waals surface area contributed by atoms with E-state index in [0.29, 0.717) is 19.5 Å². The third-order valence-corrected chi connectivity index (χ3v) is 3.22. The van der Waals surface area contributed by atoms with Crippen molar-refractivity contribution in [3.63, 3.8) is 0 Å². The van der Waals surface area contributed by atoms with Crippen LogP contribution in [0.2, 0.25) is 0 Å². The highest BCUT2D eigenvalue weighted by Crippen LogP contribution is 2.17. The van der Waals surface area contributed by atoms with Gasteiger partial charge in [-0.25, -0.2) is 0 Å². The average molecular weight is 246 g/mol. The molecule has 96 valence electrons. The van der Waals surface area contributed by atoms with E-state index < -0.39 is 5.97 Å². The van der Waals surface area contributed by atoms with Gasteiger partial charge in [0.2, 0.25) is 0 Å². The van der Waals surface area contributed by atoms with Gasteiger partial charge < -0.3 is 15.4 Å². The smallest absolute Gasteiger partial charge is 0.307 e. The van der Waals surface area contributed by atoms with Gasteiger partial charge in [0.1, 0.15) is 0 Å². The van der Waals surface area contributed by atoms with Crippen LogP contribution in [-0.2, 0) is 11.3 Å². The van der Waals surface area contributed by atoms with Crippen LogP contribution in [0, 0.1) is 5.92 Å². The maximum Gasteiger partial charge on any atom is 0.307 e. The molecule has 0 aliphatic rings. The molecule has 0 aliphatic carbocycles. The summed E-state index contributed by atoms with van der Waals surface area (Å²) in [7, 11) is 0. The number of aromatic nitrogens is 1. The number of rotatable bonds is 6. The molecule has 4 nitrogen and oxygen atoms in total. The van der Waals surface area contributed by atoms with E-state index in [1.165, 1.54) is 10.9 Å². The molecule has 0 amide bonds. The molecule has 1 aromatic carbocycles. The van der Waals surface area contributed by atoms with E-state index in [4.69, 9.17) is 5.11 Å². The average Bonchev–Trinajstić information content (AvgIpc) is 2.78. The quantitative estimate of drug-likeness (QED) is 0.733. The summed E-state index contributed by atoms with van der Waals surface area (Å²) in [5, 5.41) is 13.4. The van der Waals surface area contributed by atoms with E-state index in [2.05, 4.69) is 16.4 Å². The topological polar surface area (TPSA) is 65.1 Å². The number of para-hydroxylation sites is 1. The first kappa shape index (κ1) is 12.6. The first-order chi connectivity index (χ1) is 8.72. The molecule has 0 bridgehead atoms. The molecule has 18 heavy (non-hydrogen) atoms. The molecule has 2 rings (SSSR count). The fourth-order valence-electron chi connectivity index (χ4n) is 2.07. The van der Waals surface area contributed by atoms with Crippen LogP contribution in [0.3, 0.4) is 0 Å². The van der Waals surface area contributed by atoms with Crippen LogP contribution in [-0.4, -0.2) is 22.6 Å². The molecule has 1 unspecified atom stereocenters. The molecule has 1 heterocycles. The van der Waals surface area contributed by atoms with Crippen molar-refractivity contribution in [2.24, 2.45) is 5.92 Å². The minimum Gasteiger partial charge on any atom is -0.481 e. The molecular weight excluding hydrogens is 228 g/mol. The second kappa shape index (κ2) is 5.69. The molecule has 0 radical (unpaired) electrons. The minimum absolute atomic E-state index is 0.310. The van der Waals surface area contributed by atoms with E-state index in [1.54, 1.807) is 0 Å². The van der Waals surface area contributed by atoms with Crippen LogP contribution >= 0.6 is 0 Å². The maximum atomic E-state index is 10.9. The highest BCUT2D eigenvalue weighted by molar-refractivity contribution is 5.82. The summed E-state index contributed by atoms with van der Waals surface area (Å²) in [6.07, 6.45) is 2.62. The van der Waals surface area contributed by atoms with Crippen molar-refractivity contribution in [2.75, 3.05) is 6.54 Å². The number of nitrogens with one attached hydrogen (secondary N) is 2. The lowest BCUT2D eigenvalue weighted by Crippen LogP contribution is -2.27. The number of fused-ring (bicyclic) bond motifs is 1. The number of aliphatic carboxylic acids is 1. The summed E-state index contributed by atoms with van der Waals surface area (Å²) in [6, 6.07) is 8.10. The lowest BCUT2D eigenvalue weighted by Gasteiger charge is -2.10. The molecular formula is C14H18N2O2. The molecule has 0 fully saturated rings. The molecule has 1 aromatic heterocycles. The minimum atomic E-state index is -0.732. The first-order valence-corrected chi connectivity index (χ1v) is 6.21. The Morgan fingerprint density at radius 3 is 2.94 bits per heavy atom. The highest BCUT2D eigenvalue weighted by atomic mass is 16.4. The number of H-pyrrole nitrogens is 1. The Bertz CT molecular complexity index is 533. The summed E-state index contributed by atoms with van der Waals surface area (Å²) in [6.45, 7) is 3.09. The zero-order chi connectivity index (χ0) is 13.0. The van der Waals surface area contributed by atoms with Crippen LogP contribution in [0.15, 0.2) is 30.5 Å². The van der Waals surface area contributed by atoms with Crippen molar-refractivity contribution >= 4 is 16.9 Å². The van der Waals surface area contributed by atoms with Crippen molar-refractivity contribution in [1.29, 1.82) is 0 Å². The molecule has 4 heteroatoms. The summed E-state index contributed by atoms with van der Waals surface area (Å²) in [5.74, 6) is -1.04. The van der Waals surface area contributed by atoms with Crippen molar-refractivity contribution in [3.05, 3.63) is 36.0 Å². The van der Waals surface area contributed by atoms with Crippen molar-refractivity contribution in [1.82, 2.24) is 10.3 Å². The van der Waals surface area contributed by atoms with Gasteiger partial charge in [-0.15, -0.1) is 0 Å². The van der Waals surface area contributed by atoms with Crippen molar-refractivity contribution in [2.45, 2.75) is 19.9 Å². The van der Waals surface area contributed by atoms with Gasteiger partial charge in [-0.05, 0) is 18.1 Å². The van der Waals surface area contributed by atoms with Gasteiger partial charge in [0.15, 0.2) is 0 Å². The number of aromatic amines is 1. The van der Waals surface area contributed by atoms with E-state index in [1.807, 2.05) is 31.3 Å². The Morgan fingerprint density at radius 1 is 1.44 bits per heavy atom. The van der Waals surface area contributed by atoms with Gasteiger partial charge in [0, 0.05) is 30.2 Å². The van der Waals surface area contributed by atoms with E-state index in [0.717, 1.165) is 5.52 Å². The standard InChI is InChI=1S/C14H18N2O2/c1-2-10(14(17)18)7-15-8-11-9-16-13-6-4-3-5-12(11)13/h3-6,9-10,15-16H,2,7-8H2,1H3,(H,17,18). The zero-order valence-electron chi connectivity index (χ0n) is 10.4. The number of carboxylic acid groups (broad SMARTS) is 1. The Morgan fingerprint density at radius 2 is 2.22 bits per heavy atom. The molecule has 1 atom stereocenters. The second-order valence-electron chi connectivity index (χ2n) is 4.43. The molecule has 0 saturated carbocycles. The number of hydrogen-bond acceptors (Lipinski definition) is 2. The number of benzene rings is 1. The van der Waals surface area contributed by atoms with Gasteiger partial charge in [0.25, 0.3) is 0 Å². The van der Waals surface area contributed by atoms with Crippen LogP contribution < -0.4 is 5.32 Å². The van der Waals surface area contributed by atoms with E-state index in [-0.39, 0.29) is 5.92 Å². The van der Waals surface area contributed by atoms with Gasteiger partial charge >= 0.3 is 5.97 Å². The monoisotopic (exact) mass is 246 g/mol. The van der Waals surface area contributed by atoms with Crippen LogP contribution in [0.5, 0.6) is 0 Å². The fourth-order valence-corrected chi connectivity index (χ4v) is 2.07. The zero-order valence-corrected chi connectivity index (χ0v) is 10.4. The van der Waals surface area contributed by atoms with Crippen LogP contribution in [0.25, 0.3) is 10.9 Å². The van der Waals surface area contributed by atoms with E-state index >= 15 is 0 Å². The normalized spacial score (nSPS) is 12.7. The van der Waals surface area contributed by atoms with Gasteiger partial charge in [-0.2, -0.15) is 0 Å². The Hall–Kier alpha value is -1.81. The van der Waals surface area contributed by atoms with Crippen molar-refractivity contribution in [3.8, 4) is 0 Å². The predicted molar refractivity (Wildman–Crippen MR) is 71.4 cm³/mol. The van der Waals surface area contributed by atoms with Crippen LogP contribution in [0.4, 0.5) is 0 Å². The fraction of sp³-hybridized carbons (Fsp3) is 0.357. The lowest BCUT2D eigenvalue weighted by atomic mass is 10.1. The molecule has 0 spiro atoms. The summed E-state index contributed by atoms with van der Waals surface area (Å²) in [5.41, 5.74) is 2.28. The molecule has 3 N–H and O–H groups in total. The van der Waals surface area contributed by atoms with Gasteiger partial charge in [-0.3, -0.25) is 4.79 Å². The summed E-state index contributed by atoms with van der Waals surface area (Å²) in [4.78, 5) is 14.1. The molecule has 0 saturated heterocycles. The van der Waals surface area contributed by atoms with Crippen molar-refractivity contribution < 1.29 is 9.90 Å². The van der Waals surface area contributed by atoms with Crippen LogP contribution in [0.1, 0.15) is 18.9 Å². The predicted octanol–water partition coefficient (Wildman–Crippen LogP) is 2.37. The van der Waals surface area contributed by atoms with Gasteiger partial charge in [-0.1, -0.05) is 25.1 Å². The third kappa shape index (κ3) is 2.71. The Balaban J connectivity index is 1.96. The Kier molecular flexibility index (Phi) is 3.99. The summed E-state index contributed by atoms with van der Waals surface area (Å²) >= 11 is 0. The number of hydrogen-bond donors (Lipinski definition) is 3. The Labute approximate surface area is 106 Å². The third-order valence-electron chi connectivity index (χ3n) is 3.22. The lowest BCUT2D eigenvalue weighted by molar-refractivity contribution is -0.141. The highest BCUT2D eigenvalue weighted by Gasteiger charge is 2.14. The SMILES string of the molecule is CCC(CNCc1c[nH]c2ccccc12)C(=O)O. The number of carboxylic acids is 1. The summed E-state index contributed by atoms with van der Waals surface area (Å²) < 4.78 is 0. The van der Waals surface area contributed by atoms with Gasteiger partial charge in [0.05, 0.1) is 5.92 Å². The largest absolute Gasteiger partial charge is 0.481 e. The molecule has 0 aliphatic heterocycles.